The molecule has 2 fully saturated rings. The van der Waals surface area contributed by atoms with E-state index < -0.39 is 28.8 Å². The minimum absolute atomic E-state index is 0.0144. The lowest BCUT2D eigenvalue weighted by atomic mass is 9.71. The van der Waals surface area contributed by atoms with Crippen molar-refractivity contribution in [3.8, 4) is 0 Å². The van der Waals surface area contributed by atoms with Crippen LogP contribution in [0, 0.1) is 5.41 Å². The minimum Gasteiger partial charge on any atom is -0.380 e. The third kappa shape index (κ3) is 3.56. The number of hydrogen-bond acceptors (Lipinski definition) is 5. The summed E-state index contributed by atoms with van der Waals surface area (Å²) >= 11 is 1.24. The number of alkyl halides is 3. The Hall–Kier alpha value is -2.20. The summed E-state index contributed by atoms with van der Waals surface area (Å²) in [6.45, 7) is 0.949. The van der Waals surface area contributed by atoms with Crippen molar-refractivity contribution < 1.29 is 27.5 Å². The number of halogens is 3. The van der Waals surface area contributed by atoms with Gasteiger partial charge >= 0.3 is 6.18 Å². The number of methoxy groups -OCH3 is 1. The topological polar surface area (TPSA) is 62.7 Å². The normalized spacial score (nSPS) is 22.2. The molecule has 10 heteroatoms. The molecule has 1 unspecified atom stereocenters. The van der Waals surface area contributed by atoms with E-state index in [9.17, 15) is 22.8 Å². The fraction of sp³-hybridized carbons (Fsp3) is 0.550. The molecule has 1 atom stereocenters. The zero-order chi connectivity index (χ0) is 21.7. The number of rotatable bonds is 2. The molecule has 4 heterocycles. The first kappa shape index (κ1) is 21.0. The van der Waals surface area contributed by atoms with Crippen LogP contribution in [0.4, 0.5) is 13.2 Å². The molecule has 0 aliphatic carbocycles. The van der Waals surface area contributed by atoms with E-state index in [-0.39, 0.29) is 30.6 Å². The molecule has 2 amide bonds. The van der Waals surface area contributed by atoms with E-state index in [0.717, 1.165) is 0 Å². The first-order valence-electron chi connectivity index (χ1n) is 9.68. The van der Waals surface area contributed by atoms with Crippen LogP contribution in [0.3, 0.4) is 0 Å². The smallest absolute Gasteiger partial charge is 0.380 e. The number of hydrogen-bond donors (Lipinski definition) is 0. The molecule has 30 heavy (non-hydrogen) atoms. The zero-order valence-electron chi connectivity index (χ0n) is 16.7. The highest BCUT2D eigenvalue weighted by molar-refractivity contribution is 7.17. The second-order valence-corrected chi connectivity index (χ2v) is 8.95. The number of fused-ring (bicyclic) bond motifs is 1. The SMILES string of the molecule is COC1CN(C)C(=O)C2(CCN(C(=O)c3cc4sccc4nc3C(F)(F)F)CC2)C1. The summed E-state index contributed by atoms with van der Waals surface area (Å²) in [6.07, 6.45) is -3.45. The Balaban J connectivity index is 1.59. The second kappa shape index (κ2) is 7.49. The maximum absolute atomic E-state index is 13.6. The summed E-state index contributed by atoms with van der Waals surface area (Å²) < 4.78 is 46.7. The van der Waals surface area contributed by atoms with E-state index in [4.69, 9.17) is 4.74 Å². The largest absolute Gasteiger partial charge is 0.434 e. The number of nitrogens with zero attached hydrogens (tertiary/aromatic N) is 3. The van der Waals surface area contributed by atoms with Crippen molar-refractivity contribution in [3.05, 3.63) is 28.8 Å². The van der Waals surface area contributed by atoms with Gasteiger partial charge in [-0.1, -0.05) is 0 Å². The lowest BCUT2D eigenvalue weighted by molar-refractivity contribution is -0.155. The predicted molar refractivity (Wildman–Crippen MR) is 105 cm³/mol. The van der Waals surface area contributed by atoms with Gasteiger partial charge in [-0.25, -0.2) is 4.98 Å². The molecule has 2 aromatic rings. The van der Waals surface area contributed by atoms with Gasteiger partial charge in [0.2, 0.25) is 5.91 Å². The fourth-order valence-corrected chi connectivity index (χ4v) is 5.30. The number of pyridine rings is 1. The van der Waals surface area contributed by atoms with Gasteiger partial charge in [-0.05, 0) is 36.8 Å². The van der Waals surface area contributed by atoms with Crippen LogP contribution in [-0.4, -0.2) is 66.5 Å². The highest BCUT2D eigenvalue weighted by Crippen LogP contribution is 2.42. The van der Waals surface area contributed by atoms with Crippen LogP contribution < -0.4 is 0 Å². The van der Waals surface area contributed by atoms with Gasteiger partial charge in [0.25, 0.3) is 5.91 Å². The highest BCUT2D eigenvalue weighted by Gasteiger charge is 2.49. The van der Waals surface area contributed by atoms with E-state index in [1.165, 1.54) is 28.4 Å². The Labute approximate surface area is 175 Å². The Morgan fingerprint density at radius 1 is 1.33 bits per heavy atom. The third-order valence-electron chi connectivity index (χ3n) is 6.17. The molecule has 2 saturated heterocycles. The number of likely N-dealkylation sites (N-methyl/N-ethyl adjacent to an activating group) is 1. The molecule has 1 spiro atoms. The van der Waals surface area contributed by atoms with Crippen LogP contribution in [0.1, 0.15) is 35.3 Å². The molecule has 0 saturated carbocycles. The van der Waals surface area contributed by atoms with Crippen molar-refractivity contribution in [2.75, 3.05) is 33.8 Å². The molecule has 2 aromatic heterocycles. The van der Waals surface area contributed by atoms with Crippen molar-refractivity contribution in [1.29, 1.82) is 0 Å². The van der Waals surface area contributed by atoms with Gasteiger partial charge in [0.05, 0.1) is 27.3 Å². The molecule has 0 bridgehead atoms. The molecule has 4 rings (SSSR count). The standard InChI is InChI=1S/C20H22F3N3O3S/c1-25-11-12(29-2)10-19(18(25)28)4-6-26(7-5-19)17(27)13-9-15-14(3-8-30-15)24-16(13)20(21,22)23/h3,8-9,12H,4-7,10-11H2,1-2H3. The van der Waals surface area contributed by atoms with Crippen LogP contribution in [0.15, 0.2) is 17.5 Å². The Morgan fingerprint density at radius 2 is 2.03 bits per heavy atom. The number of aromatic nitrogens is 1. The monoisotopic (exact) mass is 441 g/mol. The summed E-state index contributed by atoms with van der Waals surface area (Å²) in [5.74, 6) is -0.680. The lowest BCUT2D eigenvalue weighted by Gasteiger charge is -2.47. The van der Waals surface area contributed by atoms with Gasteiger partial charge in [-0.2, -0.15) is 13.2 Å². The molecule has 2 aliphatic rings. The van der Waals surface area contributed by atoms with Crippen molar-refractivity contribution in [2.45, 2.75) is 31.5 Å². The van der Waals surface area contributed by atoms with Crippen LogP contribution in [0.2, 0.25) is 0 Å². The fourth-order valence-electron chi connectivity index (χ4n) is 4.54. The number of ether oxygens (including phenoxy) is 1. The van der Waals surface area contributed by atoms with Crippen molar-refractivity contribution in [1.82, 2.24) is 14.8 Å². The van der Waals surface area contributed by atoms with Crippen molar-refractivity contribution in [3.63, 3.8) is 0 Å². The number of carbonyl (C=O) groups excluding carboxylic acids is 2. The van der Waals surface area contributed by atoms with Crippen LogP contribution in [0.5, 0.6) is 0 Å². The highest BCUT2D eigenvalue weighted by atomic mass is 32.1. The number of likely N-dealkylation sites (tertiary alicyclic amines) is 2. The van der Waals surface area contributed by atoms with E-state index in [1.807, 2.05) is 0 Å². The van der Waals surface area contributed by atoms with E-state index >= 15 is 0 Å². The Bertz CT molecular complexity index is 983. The number of carbonyl (C=O) groups is 2. The van der Waals surface area contributed by atoms with E-state index in [0.29, 0.717) is 30.5 Å². The molecular weight excluding hydrogens is 419 g/mol. The van der Waals surface area contributed by atoms with E-state index in [2.05, 4.69) is 4.98 Å². The molecular formula is C20H22F3N3O3S. The van der Waals surface area contributed by atoms with Crippen LogP contribution >= 0.6 is 11.3 Å². The van der Waals surface area contributed by atoms with Gasteiger partial charge in [-0.15, -0.1) is 11.3 Å². The predicted octanol–water partition coefficient (Wildman–Crippen LogP) is 3.41. The zero-order valence-corrected chi connectivity index (χ0v) is 17.5. The number of piperidine rings is 2. The lowest BCUT2D eigenvalue weighted by Crippen LogP contribution is -2.57. The molecule has 6 nitrogen and oxygen atoms in total. The van der Waals surface area contributed by atoms with Gasteiger partial charge in [0.1, 0.15) is 0 Å². The molecule has 2 aliphatic heterocycles. The Kier molecular flexibility index (Phi) is 5.26. The van der Waals surface area contributed by atoms with Gasteiger partial charge in [0.15, 0.2) is 5.69 Å². The summed E-state index contributed by atoms with van der Waals surface area (Å²) in [6, 6.07) is 2.79. The summed E-state index contributed by atoms with van der Waals surface area (Å²) in [7, 11) is 3.33. The van der Waals surface area contributed by atoms with Crippen molar-refractivity contribution in [2.24, 2.45) is 5.41 Å². The summed E-state index contributed by atoms with van der Waals surface area (Å²) in [4.78, 5) is 32.6. The van der Waals surface area contributed by atoms with Gasteiger partial charge in [0, 0.05) is 33.8 Å². The average Bonchev–Trinajstić information content (AvgIpc) is 3.18. The van der Waals surface area contributed by atoms with Gasteiger partial charge in [-0.3, -0.25) is 9.59 Å². The second-order valence-electron chi connectivity index (χ2n) is 8.01. The molecule has 0 radical (unpaired) electrons. The Morgan fingerprint density at radius 3 is 2.67 bits per heavy atom. The minimum atomic E-state index is -4.73. The summed E-state index contributed by atoms with van der Waals surface area (Å²) in [5, 5.41) is 1.65. The first-order valence-corrected chi connectivity index (χ1v) is 10.6. The third-order valence-corrected chi connectivity index (χ3v) is 7.03. The first-order chi connectivity index (χ1) is 14.1. The number of amides is 2. The van der Waals surface area contributed by atoms with Crippen LogP contribution in [-0.2, 0) is 15.7 Å². The quantitative estimate of drug-likeness (QED) is 0.717. The van der Waals surface area contributed by atoms with Gasteiger partial charge < -0.3 is 14.5 Å². The van der Waals surface area contributed by atoms with E-state index in [1.54, 1.807) is 24.4 Å². The summed E-state index contributed by atoms with van der Waals surface area (Å²) in [5.41, 5.74) is -2.00. The molecule has 0 N–H and O–H groups in total. The maximum atomic E-state index is 13.6. The molecule has 162 valence electrons. The maximum Gasteiger partial charge on any atom is 0.434 e. The number of thiophene rings is 1. The molecule has 0 aromatic carbocycles. The van der Waals surface area contributed by atoms with Crippen molar-refractivity contribution >= 4 is 33.4 Å². The average molecular weight is 441 g/mol. The van der Waals surface area contributed by atoms with Crippen LogP contribution in [0.25, 0.3) is 10.2 Å².